The number of carbonyl (C=O) groups is 1. The largest absolute Gasteiger partial charge is 0.478 e. The highest BCUT2D eigenvalue weighted by molar-refractivity contribution is 7.80. The number of benzene rings is 1. The molecule has 0 radical (unpaired) electrons. The fourth-order valence-corrected chi connectivity index (χ4v) is 0.960. The summed E-state index contributed by atoms with van der Waals surface area (Å²) >= 11 is 3.82. The maximum absolute atomic E-state index is 12.5. The molecule has 0 amide bonds. The molecule has 11 heavy (non-hydrogen) atoms. The van der Waals surface area contributed by atoms with E-state index in [1.54, 1.807) is 0 Å². The molecule has 0 unspecified atom stereocenters. The van der Waals surface area contributed by atoms with Crippen LogP contribution in [-0.4, -0.2) is 11.1 Å². The number of carboxylic acid groups (broad SMARTS) is 1. The van der Waals surface area contributed by atoms with Gasteiger partial charge in [0.15, 0.2) is 0 Å². The van der Waals surface area contributed by atoms with E-state index in [-0.39, 0.29) is 5.56 Å². The van der Waals surface area contributed by atoms with Crippen LogP contribution in [0.1, 0.15) is 10.4 Å². The van der Waals surface area contributed by atoms with Crippen molar-refractivity contribution in [3.8, 4) is 0 Å². The number of aromatic carboxylic acids is 1. The number of halogens is 1. The lowest BCUT2D eigenvalue weighted by molar-refractivity contribution is 0.0696. The van der Waals surface area contributed by atoms with Crippen LogP contribution in [-0.2, 0) is 0 Å². The van der Waals surface area contributed by atoms with Gasteiger partial charge in [-0.05, 0) is 18.2 Å². The van der Waals surface area contributed by atoms with Gasteiger partial charge in [0, 0.05) is 4.90 Å². The molecular formula is C7H5FO2S. The second kappa shape index (κ2) is 2.92. The minimum atomic E-state index is -1.15. The maximum Gasteiger partial charge on any atom is 0.335 e. The van der Waals surface area contributed by atoms with Crippen molar-refractivity contribution in [1.82, 2.24) is 0 Å². The molecule has 0 fully saturated rings. The Morgan fingerprint density at radius 3 is 2.55 bits per heavy atom. The molecule has 1 aromatic rings. The van der Waals surface area contributed by atoms with Gasteiger partial charge in [-0.1, -0.05) is 0 Å². The third kappa shape index (κ3) is 1.94. The Morgan fingerprint density at radius 2 is 2.09 bits per heavy atom. The van der Waals surface area contributed by atoms with Crippen LogP contribution in [0.5, 0.6) is 0 Å². The van der Waals surface area contributed by atoms with Gasteiger partial charge in [-0.3, -0.25) is 0 Å². The summed E-state index contributed by atoms with van der Waals surface area (Å²) in [6.45, 7) is 0. The average Bonchev–Trinajstić information content (AvgIpc) is 1.85. The first kappa shape index (κ1) is 8.07. The Morgan fingerprint density at radius 1 is 1.45 bits per heavy atom. The van der Waals surface area contributed by atoms with E-state index < -0.39 is 11.8 Å². The number of thiol groups is 1. The van der Waals surface area contributed by atoms with Gasteiger partial charge in [0.05, 0.1) is 5.56 Å². The average molecular weight is 172 g/mol. The highest BCUT2D eigenvalue weighted by Gasteiger charge is 2.04. The molecule has 0 saturated heterocycles. The third-order valence-corrected chi connectivity index (χ3v) is 1.39. The summed E-state index contributed by atoms with van der Waals surface area (Å²) in [4.78, 5) is 10.6. The number of hydrogen-bond donors (Lipinski definition) is 2. The Kier molecular flexibility index (Phi) is 2.14. The highest BCUT2D eigenvalue weighted by Crippen LogP contribution is 2.11. The summed E-state index contributed by atoms with van der Waals surface area (Å²) in [6.07, 6.45) is 0. The van der Waals surface area contributed by atoms with E-state index in [4.69, 9.17) is 5.11 Å². The van der Waals surface area contributed by atoms with Crippen LogP contribution in [0.15, 0.2) is 23.1 Å². The molecule has 0 spiro atoms. The molecule has 0 aliphatic rings. The van der Waals surface area contributed by atoms with Crippen molar-refractivity contribution in [1.29, 1.82) is 0 Å². The zero-order chi connectivity index (χ0) is 8.43. The smallest absolute Gasteiger partial charge is 0.335 e. The number of carboxylic acids is 1. The van der Waals surface area contributed by atoms with Crippen LogP contribution in [0.3, 0.4) is 0 Å². The van der Waals surface area contributed by atoms with Gasteiger partial charge in [-0.15, -0.1) is 12.6 Å². The summed E-state index contributed by atoms with van der Waals surface area (Å²) in [5.74, 6) is -1.74. The van der Waals surface area contributed by atoms with Gasteiger partial charge >= 0.3 is 5.97 Å². The quantitative estimate of drug-likeness (QED) is 0.634. The lowest BCUT2D eigenvalue weighted by Gasteiger charge is -1.95. The molecule has 1 rings (SSSR count). The van der Waals surface area contributed by atoms with Crippen LogP contribution in [0, 0.1) is 5.82 Å². The van der Waals surface area contributed by atoms with Gasteiger partial charge < -0.3 is 5.11 Å². The van der Waals surface area contributed by atoms with E-state index in [1.165, 1.54) is 6.07 Å². The predicted molar refractivity (Wildman–Crippen MR) is 40.6 cm³/mol. The molecule has 0 aliphatic heterocycles. The summed E-state index contributed by atoms with van der Waals surface area (Å²) in [5.41, 5.74) is -0.0880. The first-order valence-corrected chi connectivity index (χ1v) is 3.27. The van der Waals surface area contributed by atoms with Crippen molar-refractivity contribution in [3.05, 3.63) is 29.6 Å². The Hall–Kier alpha value is -1.03. The topological polar surface area (TPSA) is 37.3 Å². The normalized spacial score (nSPS) is 9.64. The minimum Gasteiger partial charge on any atom is -0.478 e. The van der Waals surface area contributed by atoms with Crippen LogP contribution >= 0.6 is 12.6 Å². The predicted octanol–water partition coefficient (Wildman–Crippen LogP) is 1.81. The third-order valence-electron chi connectivity index (χ3n) is 1.13. The fraction of sp³-hybridized carbons (Fsp3) is 0. The van der Waals surface area contributed by atoms with Crippen molar-refractivity contribution in [3.63, 3.8) is 0 Å². The van der Waals surface area contributed by atoms with E-state index in [0.29, 0.717) is 4.90 Å². The molecule has 0 bridgehead atoms. The fourth-order valence-electron chi connectivity index (χ4n) is 0.698. The molecular weight excluding hydrogens is 167 g/mol. The van der Waals surface area contributed by atoms with Crippen molar-refractivity contribution < 1.29 is 14.3 Å². The molecule has 0 atom stereocenters. The number of rotatable bonds is 1. The molecule has 2 nitrogen and oxygen atoms in total. The molecule has 58 valence electrons. The lowest BCUT2D eigenvalue weighted by Crippen LogP contribution is -1.96. The van der Waals surface area contributed by atoms with Gasteiger partial charge in [-0.25, -0.2) is 9.18 Å². The van der Waals surface area contributed by atoms with Crippen LogP contribution in [0.25, 0.3) is 0 Å². The van der Waals surface area contributed by atoms with Gasteiger partial charge in [0.2, 0.25) is 0 Å². The first-order valence-electron chi connectivity index (χ1n) is 2.82. The molecule has 0 saturated carbocycles. The molecule has 1 N–H and O–H groups in total. The standard InChI is InChI=1S/C7H5FO2S/c8-5-1-4(7(9)10)2-6(11)3-5/h1-3,11H,(H,9,10). The van der Waals surface area contributed by atoms with E-state index in [9.17, 15) is 9.18 Å². The summed E-state index contributed by atoms with van der Waals surface area (Å²) in [7, 11) is 0. The minimum absolute atomic E-state index is 0.0880. The van der Waals surface area contributed by atoms with Crippen molar-refractivity contribution in [2.24, 2.45) is 0 Å². The zero-order valence-corrected chi connectivity index (χ0v) is 6.31. The molecule has 1 aromatic carbocycles. The Bertz CT molecular complexity index is 278. The van der Waals surface area contributed by atoms with Crippen molar-refractivity contribution in [2.45, 2.75) is 4.90 Å². The molecule has 4 heteroatoms. The molecule has 0 aliphatic carbocycles. The second-order valence-electron chi connectivity index (χ2n) is 2.00. The van der Waals surface area contributed by atoms with Crippen LogP contribution in [0.4, 0.5) is 4.39 Å². The SMILES string of the molecule is O=C(O)c1cc(F)cc(S)c1. The van der Waals surface area contributed by atoms with E-state index >= 15 is 0 Å². The van der Waals surface area contributed by atoms with E-state index in [0.717, 1.165) is 12.1 Å². The van der Waals surface area contributed by atoms with Crippen LogP contribution < -0.4 is 0 Å². The Labute approximate surface area is 68.1 Å². The summed E-state index contributed by atoms with van der Waals surface area (Å²) in [6, 6.07) is 3.38. The molecule has 0 aromatic heterocycles. The van der Waals surface area contributed by atoms with E-state index in [1.807, 2.05) is 0 Å². The molecule has 0 heterocycles. The maximum atomic E-state index is 12.5. The van der Waals surface area contributed by atoms with E-state index in [2.05, 4.69) is 12.6 Å². The summed E-state index contributed by atoms with van der Waals surface area (Å²) < 4.78 is 12.5. The van der Waals surface area contributed by atoms with Gasteiger partial charge in [0.1, 0.15) is 5.82 Å². The monoisotopic (exact) mass is 172 g/mol. The highest BCUT2D eigenvalue weighted by atomic mass is 32.1. The second-order valence-corrected chi connectivity index (χ2v) is 2.52. The number of hydrogen-bond acceptors (Lipinski definition) is 2. The van der Waals surface area contributed by atoms with Gasteiger partial charge in [-0.2, -0.15) is 0 Å². The van der Waals surface area contributed by atoms with Crippen molar-refractivity contribution >= 4 is 18.6 Å². The van der Waals surface area contributed by atoms with Gasteiger partial charge in [0.25, 0.3) is 0 Å². The Balaban J connectivity index is 3.19. The van der Waals surface area contributed by atoms with Crippen molar-refractivity contribution in [2.75, 3.05) is 0 Å². The summed E-state index contributed by atoms with van der Waals surface area (Å²) in [5, 5.41) is 8.43. The van der Waals surface area contributed by atoms with Crippen LogP contribution in [0.2, 0.25) is 0 Å². The first-order chi connectivity index (χ1) is 5.09. The zero-order valence-electron chi connectivity index (χ0n) is 5.41. The lowest BCUT2D eigenvalue weighted by atomic mass is 10.2.